The van der Waals surface area contributed by atoms with E-state index in [2.05, 4.69) is 5.32 Å². The highest BCUT2D eigenvalue weighted by Gasteiger charge is 2.08. The quantitative estimate of drug-likeness (QED) is 0.681. The van der Waals surface area contributed by atoms with Gasteiger partial charge in [0.1, 0.15) is 12.4 Å². The summed E-state index contributed by atoms with van der Waals surface area (Å²) in [7, 11) is 0. The van der Waals surface area contributed by atoms with Gasteiger partial charge in [-0.25, -0.2) is 0 Å². The van der Waals surface area contributed by atoms with Crippen molar-refractivity contribution in [2.24, 2.45) is 0 Å². The predicted molar refractivity (Wildman–Crippen MR) is 101 cm³/mol. The summed E-state index contributed by atoms with van der Waals surface area (Å²) < 4.78 is 10.9. The van der Waals surface area contributed by atoms with Crippen LogP contribution in [0, 0.1) is 13.8 Å². The van der Waals surface area contributed by atoms with Gasteiger partial charge in [-0.15, -0.1) is 0 Å². The molecule has 3 aromatic rings. The lowest BCUT2D eigenvalue weighted by atomic mass is 10.0. The van der Waals surface area contributed by atoms with Crippen molar-refractivity contribution in [1.29, 1.82) is 0 Å². The maximum atomic E-state index is 12.4. The monoisotopic (exact) mass is 349 g/mol. The van der Waals surface area contributed by atoms with Gasteiger partial charge in [-0.05, 0) is 48.7 Å². The second-order valence-electron chi connectivity index (χ2n) is 6.39. The van der Waals surface area contributed by atoms with Gasteiger partial charge in [0.25, 0.3) is 5.91 Å². The number of ether oxygens (including phenoxy) is 1. The third kappa shape index (κ3) is 4.83. The molecule has 3 rings (SSSR count). The predicted octanol–water partition coefficient (Wildman–Crippen LogP) is 4.54. The largest absolute Gasteiger partial charge is 0.467 e. The maximum Gasteiger partial charge on any atom is 0.251 e. The van der Waals surface area contributed by atoms with Crippen molar-refractivity contribution in [2.75, 3.05) is 0 Å². The molecule has 0 fully saturated rings. The minimum atomic E-state index is -0.0537. The molecule has 0 atom stereocenters. The van der Waals surface area contributed by atoms with Crippen LogP contribution >= 0.6 is 0 Å². The lowest BCUT2D eigenvalue weighted by Crippen LogP contribution is -2.23. The van der Waals surface area contributed by atoms with E-state index >= 15 is 0 Å². The molecule has 1 amide bonds. The van der Waals surface area contributed by atoms with Crippen LogP contribution < -0.4 is 5.32 Å². The second kappa shape index (κ2) is 8.50. The summed E-state index contributed by atoms with van der Waals surface area (Å²) in [6, 6.07) is 17.6. The van der Waals surface area contributed by atoms with Gasteiger partial charge in [0.15, 0.2) is 0 Å². The second-order valence-corrected chi connectivity index (χ2v) is 6.39. The zero-order valence-corrected chi connectivity index (χ0v) is 15.1. The number of carbonyl (C=O) groups is 1. The van der Waals surface area contributed by atoms with E-state index in [1.807, 2.05) is 68.4 Å². The molecule has 134 valence electrons. The van der Waals surface area contributed by atoms with Crippen molar-refractivity contribution in [3.05, 3.63) is 94.4 Å². The Hall–Kier alpha value is -2.85. The number of benzene rings is 2. The van der Waals surface area contributed by atoms with Crippen LogP contribution in [0.15, 0.2) is 65.3 Å². The van der Waals surface area contributed by atoms with Crippen LogP contribution in [-0.4, -0.2) is 5.91 Å². The van der Waals surface area contributed by atoms with Gasteiger partial charge < -0.3 is 14.5 Å². The van der Waals surface area contributed by atoms with Crippen LogP contribution in [0.1, 0.15) is 38.4 Å². The molecule has 1 N–H and O–H groups in total. The summed E-state index contributed by atoms with van der Waals surface area (Å²) in [6.07, 6.45) is 1.64. The van der Waals surface area contributed by atoms with Crippen molar-refractivity contribution in [3.63, 3.8) is 0 Å². The Labute approximate surface area is 153 Å². The van der Waals surface area contributed by atoms with E-state index in [4.69, 9.17) is 9.15 Å². The fraction of sp³-hybridized carbons (Fsp3) is 0.227. The van der Waals surface area contributed by atoms with Crippen LogP contribution in [0.25, 0.3) is 0 Å². The molecule has 0 bridgehead atoms. The van der Waals surface area contributed by atoms with Crippen molar-refractivity contribution in [1.82, 2.24) is 5.32 Å². The van der Waals surface area contributed by atoms with Crippen LogP contribution in [0.5, 0.6) is 0 Å². The molecule has 0 aliphatic carbocycles. The lowest BCUT2D eigenvalue weighted by molar-refractivity contribution is 0.0928. The van der Waals surface area contributed by atoms with Gasteiger partial charge in [-0.2, -0.15) is 0 Å². The molecule has 0 saturated carbocycles. The van der Waals surface area contributed by atoms with Crippen molar-refractivity contribution >= 4 is 5.91 Å². The Kier molecular flexibility index (Phi) is 5.87. The van der Waals surface area contributed by atoms with E-state index < -0.39 is 0 Å². The first-order valence-electron chi connectivity index (χ1n) is 8.65. The van der Waals surface area contributed by atoms with E-state index in [9.17, 15) is 4.79 Å². The van der Waals surface area contributed by atoms with E-state index in [1.165, 1.54) is 0 Å². The minimum absolute atomic E-state index is 0.0537. The van der Waals surface area contributed by atoms with Gasteiger partial charge in [-0.3, -0.25) is 4.79 Å². The molecule has 1 aromatic heterocycles. The van der Waals surface area contributed by atoms with Gasteiger partial charge in [-0.1, -0.05) is 42.0 Å². The van der Waals surface area contributed by atoms with E-state index in [-0.39, 0.29) is 5.91 Å². The number of hydrogen-bond acceptors (Lipinski definition) is 3. The van der Waals surface area contributed by atoms with Crippen molar-refractivity contribution < 1.29 is 13.9 Å². The molecular formula is C22H23NO3. The highest BCUT2D eigenvalue weighted by Crippen LogP contribution is 2.12. The van der Waals surface area contributed by atoms with E-state index in [0.29, 0.717) is 25.3 Å². The van der Waals surface area contributed by atoms with Crippen LogP contribution in [0.2, 0.25) is 0 Å². The Bertz CT molecular complexity index is 869. The lowest BCUT2D eigenvalue weighted by Gasteiger charge is -2.10. The van der Waals surface area contributed by atoms with Gasteiger partial charge in [0, 0.05) is 12.1 Å². The van der Waals surface area contributed by atoms with Gasteiger partial charge >= 0.3 is 0 Å². The standard InChI is InChI=1S/C22H23NO3/c1-16-8-9-21(17(2)11-16)22(24)23-13-18-5-3-6-19(12-18)14-25-15-20-7-4-10-26-20/h3-12H,13-15H2,1-2H3,(H,23,24). The zero-order valence-electron chi connectivity index (χ0n) is 15.1. The molecule has 4 nitrogen and oxygen atoms in total. The number of nitrogens with one attached hydrogen (secondary N) is 1. The molecular weight excluding hydrogens is 326 g/mol. The normalized spacial score (nSPS) is 10.7. The zero-order chi connectivity index (χ0) is 18.4. The fourth-order valence-electron chi connectivity index (χ4n) is 2.84. The molecule has 2 aromatic carbocycles. The van der Waals surface area contributed by atoms with Crippen molar-refractivity contribution in [2.45, 2.75) is 33.6 Å². The third-order valence-electron chi connectivity index (χ3n) is 4.16. The fourth-order valence-corrected chi connectivity index (χ4v) is 2.84. The number of hydrogen-bond donors (Lipinski definition) is 1. The molecule has 4 heteroatoms. The number of furan rings is 1. The van der Waals surface area contributed by atoms with Crippen LogP contribution in [-0.2, 0) is 24.5 Å². The smallest absolute Gasteiger partial charge is 0.251 e. The maximum absolute atomic E-state index is 12.4. The molecule has 1 heterocycles. The number of aryl methyl sites for hydroxylation is 2. The summed E-state index contributed by atoms with van der Waals surface area (Å²) in [5.74, 6) is 0.754. The first-order chi connectivity index (χ1) is 12.6. The Morgan fingerprint density at radius 1 is 1.00 bits per heavy atom. The number of rotatable bonds is 7. The molecule has 26 heavy (non-hydrogen) atoms. The molecule has 0 aliphatic heterocycles. The Balaban J connectivity index is 1.54. The van der Waals surface area contributed by atoms with E-state index in [1.54, 1.807) is 6.26 Å². The summed E-state index contributed by atoms with van der Waals surface area (Å²) in [4.78, 5) is 12.4. The molecule has 0 spiro atoms. The molecule has 0 saturated heterocycles. The average molecular weight is 349 g/mol. The highest BCUT2D eigenvalue weighted by atomic mass is 16.5. The minimum Gasteiger partial charge on any atom is -0.467 e. The average Bonchev–Trinajstić information content (AvgIpc) is 3.13. The SMILES string of the molecule is Cc1ccc(C(=O)NCc2cccc(COCc3ccco3)c2)c(C)c1. The van der Waals surface area contributed by atoms with Gasteiger partial charge in [0.2, 0.25) is 0 Å². The summed E-state index contributed by atoms with van der Waals surface area (Å²) in [6.45, 7) is 5.41. The Morgan fingerprint density at radius 2 is 1.85 bits per heavy atom. The number of amides is 1. The van der Waals surface area contributed by atoms with Crippen LogP contribution in [0.4, 0.5) is 0 Å². The highest BCUT2D eigenvalue weighted by molar-refractivity contribution is 5.95. The Morgan fingerprint density at radius 3 is 2.62 bits per heavy atom. The molecule has 0 aliphatic rings. The molecule has 0 radical (unpaired) electrons. The van der Waals surface area contributed by atoms with Gasteiger partial charge in [0.05, 0.1) is 12.9 Å². The topological polar surface area (TPSA) is 51.5 Å². The summed E-state index contributed by atoms with van der Waals surface area (Å²) in [5.41, 5.74) is 4.97. The number of carbonyl (C=O) groups excluding carboxylic acids is 1. The summed E-state index contributed by atoms with van der Waals surface area (Å²) >= 11 is 0. The molecule has 0 unspecified atom stereocenters. The van der Waals surface area contributed by atoms with E-state index in [0.717, 1.165) is 28.0 Å². The third-order valence-corrected chi connectivity index (χ3v) is 4.16. The first-order valence-corrected chi connectivity index (χ1v) is 8.65. The first kappa shape index (κ1) is 18.0. The van der Waals surface area contributed by atoms with Crippen molar-refractivity contribution in [3.8, 4) is 0 Å². The summed E-state index contributed by atoms with van der Waals surface area (Å²) in [5, 5.41) is 2.99. The van der Waals surface area contributed by atoms with Crippen LogP contribution in [0.3, 0.4) is 0 Å².